The number of hydrogen-bond acceptors (Lipinski definition) is 6. The van der Waals surface area contributed by atoms with E-state index in [1.165, 1.54) is 0 Å². The minimum Gasteiger partial charge on any atom is -0.462 e. The molecule has 6 heteroatoms. The molecular formula is C20H34O6. The Labute approximate surface area is 156 Å². The van der Waals surface area contributed by atoms with Gasteiger partial charge in [0.25, 0.3) is 0 Å². The van der Waals surface area contributed by atoms with Crippen molar-refractivity contribution in [2.75, 3.05) is 0 Å². The van der Waals surface area contributed by atoms with Crippen molar-refractivity contribution in [3.63, 3.8) is 0 Å². The summed E-state index contributed by atoms with van der Waals surface area (Å²) in [4.78, 5) is 35.7. The third kappa shape index (κ3) is 6.96. The van der Waals surface area contributed by atoms with Crippen LogP contribution in [0.5, 0.6) is 0 Å². The van der Waals surface area contributed by atoms with Gasteiger partial charge in [0.1, 0.15) is 17.8 Å². The second kappa shape index (κ2) is 10.5. The summed E-state index contributed by atoms with van der Waals surface area (Å²) in [6.07, 6.45) is 2.97. The van der Waals surface area contributed by atoms with Gasteiger partial charge in [-0.15, -0.1) is 0 Å². The fraction of sp³-hybridized carbons (Fsp3) is 0.850. The molecule has 6 nitrogen and oxygen atoms in total. The highest BCUT2D eigenvalue weighted by Crippen LogP contribution is 2.40. The van der Waals surface area contributed by atoms with Gasteiger partial charge in [-0.05, 0) is 12.3 Å². The number of esters is 3. The number of ether oxygens (including phenoxy) is 3. The summed E-state index contributed by atoms with van der Waals surface area (Å²) < 4.78 is 17.0. The van der Waals surface area contributed by atoms with Crippen molar-refractivity contribution < 1.29 is 28.6 Å². The third-order valence-electron chi connectivity index (χ3n) is 4.94. The van der Waals surface area contributed by atoms with Crippen LogP contribution in [0.1, 0.15) is 86.0 Å². The van der Waals surface area contributed by atoms with E-state index in [-0.39, 0.29) is 37.2 Å². The largest absolute Gasteiger partial charge is 0.462 e. The van der Waals surface area contributed by atoms with Gasteiger partial charge in [-0.3, -0.25) is 14.4 Å². The van der Waals surface area contributed by atoms with Crippen molar-refractivity contribution in [2.45, 2.75) is 104 Å². The van der Waals surface area contributed by atoms with Crippen LogP contribution in [0.3, 0.4) is 0 Å². The van der Waals surface area contributed by atoms with Gasteiger partial charge >= 0.3 is 17.9 Å². The van der Waals surface area contributed by atoms with E-state index in [1.54, 1.807) is 20.8 Å². The van der Waals surface area contributed by atoms with Crippen LogP contribution in [0.4, 0.5) is 0 Å². The molecule has 0 heterocycles. The minimum absolute atomic E-state index is 0.279. The molecule has 1 fully saturated rings. The molecule has 3 unspecified atom stereocenters. The summed E-state index contributed by atoms with van der Waals surface area (Å²) in [5, 5.41) is 0. The average molecular weight is 370 g/mol. The van der Waals surface area contributed by atoms with Gasteiger partial charge in [-0.25, -0.2) is 0 Å². The molecule has 1 rings (SSSR count). The van der Waals surface area contributed by atoms with Gasteiger partial charge < -0.3 is 14.2 Å². The number of carbonyl (C=O) groups excluding carboxylic acids is 3. The summed E-state index contributed by atoms with van der Waals surface area (Å²) in [6.45, 7) is 9.43. The molecule has 0 aliphatic heterocycles. The number of carbonyl (C=O) groups is 3. The van der Waals surface area contributed by atoms with Crippen molar-refractivity contribution >= 4 is 17.9 Å². The zero-order valence-corrected chi connectivity index (χ0v) is 16.8. The first-order valence-electron chi connectivity index (χ1n) is 9.88. The molecule has 1 aliphatic rings. The predicted octanol–water partition coefficient (Wildman–Crippen LogP) is 3.94. The second-order valence-electron chi connectivity index (χ2n) is 7.30. The van der Waals surface area contributed by atoms with Crippen LogP contribution in [0, 0.1) is 5.92 Å². The normalized spacial score (nSPS) is 26.7. The van der Waals surface area contributed by atoms with Crippen LogP contribution >= 0.6 is 0 Å². The molecule has 0 radical (unpaired) electrons. The van der Waals surface area contributed by atoms with Crippen LogP contribution in [0.15, 0.2) is 0 Å². The highest BCUT2D eigenvalue weighted by molar-refractivity contribution is 5.70. The molecule has 1 aliphatic carbocycles. The van der Waals surface area contributed by atoms with Gasteiger partial charge in [-0.2, -0.15) is 0 Å². The van der Waals surface area contributed by atoms with E-state index in [2.05, 4.69) is 13.8 Å². The lowest BCUT2D eigenvalue weighted by atomic mass is 9.75. The van der Waals surface area contributed by atoms with E-state index in [4.69, 9.17) is 14.2 Å². The molecule has 0 aromatic heterocycles. The molecule has 1 saturated carbocycles. The van der Waals surface area contributed by atoms with Crippen molar-refractivity contribution in [1.29, 1.82) is 0 Å². The Balaban J connectivity index is 3.08. The Kier molecular flexibility index (Phi) is 9.09. The molecule has 0 N–H and O–H groups in total. The average Bonchev–Trinajstić information content (AvgIpc) is 2.60. The van der Waals surface area contributed by atoms with E-state index in [1.807, 2.05) is 0 Å². The maximum Gasteiger partial charge on any atom is 0.306 e. The van der Waals surface area contributed by atoms with Crippen LogP contribution < -0.4 is 0 Å². The second-order valence-corrected chi connectivity index (χ2v) is 7.30. The van der Waals surface area contributed by atoms with Crippen LogP contribution in [-0.2, 0) is 28.6 Å². The summed E-state index contributed by atoms with van der Waals surface area (Å²) in [5.41, 5.74) is -0.766. The smallest absolute Gasteiger partial charge is 0.306 e. The quantitative estimate of drug-likeness (QED) is 0.452. The standard InChI is InChI=1S/C20H34O6/c1-6-14(5)11-20(26-19(23)9-4)12-15(24-17(21)7-2)10-16(13-20)25-18(22)8-3/h14-16H,6-13H2,1-5H3. The molecule has 0 bridgehead atoms. The first-order valence-corrected chi connectivity index (χ1v) is 9.88. The summed E-state index contributed by atoms with van der Waals surface area (Å²) in [5.74, 6) is -0.535. The first kappa shape index (κ1) is 22.5. The lowest BCUT2D eigenvalue weighted by molar-refractivity contribution is -0.188. The van der Waals surface area contributed by atoms with Crippen LogP contribution in [0.2, 0.25) is 0 Å². The lowest BCUT2D eigenvalue weighted by Gasteiger charge is -2.44. The topological polar surface area (TPSA) is 78.9 Å². The summed E-state index contributed by atoms with van der Waals surface area (Å²) in [6, 6.07) is 0. The zero-order chi connectivity index (χ0) is 19.7. The molecule has 0 aromatic carbocycles. The lowest BCUT2D eigenvalue weighted by Crippen LogP contribution is -2.49. The van der Waals surface area contributed by atoms with E-state index in [0.29, 0.717) is 31.6 Å². The molecule has 150 valence electrons. The van der Waals surface area contributed by atoms with E-state index >= 15 is 0 Å². The molecule has 0 aromatic rings. The van der Waals surface area contributed by atoms with Gasteiger partial charge in [0.2, 0.25) is 0 Å². The Bertz CT molecular complexity index is 461. The zero-order valence-electron chi connectivity index (χ0n) is 16.8. The third-order valence-corrected chi connectivity index (χ3v) is 4.94. The predicted molar refractivity (Wildman–Crippen MR) is 97.4 cm³/mol. The van der Waals surface area contributed by atoms with Gasteiger partial charge in [-0.1, -0.05) is 41.0 Å². The fourth-order valence-corrected chi connectivity index (χ4v) is 3.48. The van der Waals surface area contributed by atoms with Crippen molar-refractivity contribution in [1.82, 2.24) is 0 Å². The van der Waals surface area contributed by atoms with Gasteiger partial charge in [0, 0.05) is 38.5 Å². The van der Waals surface area contributed by atoms with E-state index < -0.39 is 17.8 Å². The Morgan fingerprint density at radius 2 is 1.35 bits per heavy atom. The number of hydrogen-bond donors (Lipinski definition) is 0. The molecule has 0 amide bonds. The van der Waals surface area contributed by atoms with Crippen LogP contribution in [0.25, 0.3) is 0 Å². The van der Waals surface area contributed by atoms with E-state index in [9.17, 15) is 14.4 Å². The van der Waals surface area contributed by atoms with Gasteiger partial charge in [0.05, 0.1) is 0 Å². The molecule has 0 saturated heterocycles. The van der Waals surface area contributed by atoms with Crippen molar-refractivity contribution in [3.05, 3.63) is 0 Å². The Morgan fingerprint density at radius 1 is 0.885 bits per heavy atom. The molecular weight excluding hydrogens is 336 g/mol. The maximum atomic E-state index is 12.1. The van der Waals surface area contributed by atoms with E-state index in [0.717, 1.165) is 6.42 Å². The van der Waals surface area contributed by atoms with Crippen LogP contribution in [-0.4, -0.2) is 35.7 Å². The molecule has 26 heavy (non-hydrogen) atoms. The van der Waals surface area contributed by atoms with Gasteiger partial charge in [0.15, 0.2) is 0 Å². The molecule has 3 atom stereocenters. The summed E-state index contributed by atoms with van der Waals surface area (Å²) >= 11 is 0. The van der Waals surface area contributed by atoms with Crippen molar-refractivity contribution in [2.24, 2.45) is 5.92 Å². The first-order chi connectivity index (χ1) is 12.3. The minimum atomic E-state index is -0.766. The summed E-state index contributed by atoms with van der Waals surface area (Å²) in [7, 11) is 0. The Hall–Kier alpha value is -1.59. The SMILES string of the molecule is CCC(=O)OC1CC(OC(=O)CC)CC(CC(C)CC)(OC(=O)CC)C1. The Morgan fingerprint density at radius 3 is 1.73 bits per heavy atom. The highest BCUT2D eigenvalue weighted by atomic mass is 16.6. The highest BCUT2D eigenvalue weighted by Gasteiger charge is 2.46. The monoisotopic (exact) mass is 370 g/mol. The van der Waals surface area contributed by atoms with Crippen molar-refractivity contribution in [3.8, 4) is 0 Å². The maximum absolute atomic E-state index is 12.1. The fourth-order valence-electron chi connectivity index (χ4n) is 3.48. The number of rotatable bonds is 9. The molecule has 0 spiro atoms.